The fourth-order valence-corrected chi connectivity index (χ4v) is 9.38. The van der Waals surface area contributed by atoms with Crippen molar-refractivity contribution < 1.29 is 24.1 Å². The van der Waals surface area contributed by atoms with Gasteiger partial charge >= 0.3 is 317 Å². The maximum absolute atomic E-state index is 6.93. The van der Waals surface area contributed by atoms with E-state index in [4.69, 9.17) is 9.72 Å². The monoisotopic (exact) mass is 953 g/mol. The van der Waals surface area contributed by atoms with Crippen LogP contribution in [0.25, 0.3) is 44.7 Å². The maximum atomic E-state index is 6.93. The third kappa shape index (κ3) is 7.54. The SMILES string of the molecule is CC(C)(C)c1cc(Oc2ccc3c(c2)N(c2cc(C(C)(C)C)ccn2)CCC3)cc(-n2[c](=[Pt])n(-c3c(-c4ccccc4)cccc3-c3ccccc3)c3ccccc32)c1. The van der Waals surface area contributed by atoms with E-state index in [0.29, 0.717) is 0 Å². The summed E-state index contributed by atoms with van der Waals surface area (Å²) in [6.45, 7) is 14.5. The fraction of sp³-hybridized carbons (Fsp3) is 0.208. The zero-order valence-electron chi connectivity index (χ0n) is 34.6. The number of ether oxygens (including phenoxy) is 1. The van der Waals surface area contributed by atoms with Crippen molar-refractivity contribution in [1.82, 2.24) is 14.1 Å². The summed E-state index contributed by atoms with van der Waals surface area (Å²) < 4.78 is 12.8. The van der Waals surface area contributed by atoms with Gasteiger partial charge < -0.3 is 0 Å². The van der Waals surface area contributed by atoms with Gasteiger partial charge in [0.05, 0.1) is 0 Å². The molecule has 0 amide bonds. The first-order valence-corrected chi connectivity index (χ1v) is 21.7. The van der Waals surface area contributed by atoms with Crippen LogP contribution in [0.2, 0.25) is 0 Å². The topological polar surface area (TPSA) is 35.2 Å². The van der Waals surface area contributed by atoms with Crippen molar-refractivity contribution in [3.8, 4) is 45.1 Å². The van der Waals surface area contributed by atoms with Gasteiger partial charge in [-0.15, -0.1) is 0 Å². The predicted molar refractivity (Wildman–Crippen MR) is 240 cm³/mol. The molecule has 0 fully saturated rings. The Bertz CT molecular complexity index is 2820. The summed E-state index contributed by atoms with van der Waals surface area (Å²) in [5.74, 6) is 2.60. The predicted octanol–water partition coefficient (Wildman–Crippen LogP) is 13.7. The van der Waals surface area contributed by atoms with Gasteiger partial charge in [0.15, 0.2) is 0 Å². The van der Waals surface area contributed by atoms with Crippen molar-refractivity contribution in [3.05, 3.63) is 178 Å². The summed E-state index contributed by atoms with van der Waals surface area (Å²) in [6.07, 6.45) is 4.06. The van der Waals surface area contributed by atoms with E-state index < -0.39 is 0 Å². The van der Waals surface area contributed by atoms with Crippen LogP contribution in [0.15, 0.2) is 158 Å². The molecule has 0 atom stereocenters. The van der Waals surface area contributed by atoms with Crippen LogP contribution < -0.4 is 9.64 Å². The number of anilines is 2. The summed E-state index contributed by atoms with van der Waals surface area (Å²) in [6, 6.07) is 54.6. The second-order valence-corrected chi connectivity index (χ2v) is 18.6. The molecule has 1 aliphatic heterocycles. The van der Waals surface area contributed by atoms with Gasteiger partial charge in [-0.25, -0.2) is 0 Å². The quantitative estimate of drug-likeness (QED) is 0.160. The minimum atomic E-state index is -0.130. The van der Waals surface area contributed by atoms with Crippen molar-refractivity contribution in [2.24, 2.45) is 0 Å². The molecule has 2 aromatic heterocycles. The molecule has 9 rings (SSSR count). The molecular weight excluding hydrogens is 904 g/mol. The van der Waals surface area contributed by atoms with E-state index in [1.54, 1.807) is 0 Å². The van der Waals surface area contributed by atoms with Gasteiger partial charge in [-0.3, -0.25) is 0 Å². The average Bonchev–Trinajstić information content (AvgIpc) is 3.54. The molecule has 0 spiro atoms. The molecule has 0 radical (unpaired) electrons. The normalized spacial score (nSPS) is 13.1. The number of hydrogen-bond acceptors (Lipinski definition) is 3. The van der Waals surface area contributed by atoms with Crippen LogP contribution in [0.4, 0.5) is 11.5 Å². The third-order valence-corrected chi connectivity index (χ3v) is 12.5. The first-order chi connectivity index (χ1) is 28.4. The van der Waals surface area contributed by atoms with E-state index in [1.807, 2.05) is 6.20 Å². The Hall–Kier alpha value is -5.77. The molecule has 8 aromatic rings. The Labute approximate surface area is 359 Å². The van der Waals surface area contributed by atoms with Crippen molar-refractivity contribution in [2.75, 3.05) is 11.4 Å². The molecular formula is C53H50N4OPt. The van der Waals surface area contributed by atoms with Crippen LogP contribution >= 0.6 is 0 Å². The van der Waals surface area contributed by atoms with E-state index in [1.165, 1.54) is 38.9 Å². The summed E-state index contributed by atoms with van der Waals surface area (Å²) >= 11 is 2.53. The molecule has 59 heavy (non-hydrogen) atoms. The third-order valence-electron chi connectivity index (χ3n) is 11.4. The minimum absolute atomic E-state index is 0.0364. The number of pyridine rings is 1. The van der Waals surface area contributed by atoms with E-state index in [2.05, 4.69) is 227 Å². The van der Waals surface area contributed by atoms with Gasteiger partial charge in [0.25, 0.3) is 0 Å². The summed E-state index contributed by atoms with van der Waals surface area (Å²) in [4.78, 5) is 7.22. The van der Waals surface area contributed by atoms with Crippen LogP contribution in [-0.2, 0) is 36.6 Å². The molecule has 6 aromatic carbocycles. The van der Waals surface area contributed by atoms with Crippen LogP contribution in [-0.4, -0.2) is 20.7 Å². The number of para-hydroxylation sites is 3. The van der Waals surface area contributed by atoms with Crippen molar-refractivity contribution in [2.45, 2.75) is 65.2 Å². The van der Waals surface area contributed by atoms with Gasteiger partial charge in [-0.2, -0.15) is 0 Å². The molecule has 0 bridgehead atoms. The molecule has 1 aliphatic rings. The molecule has 6 heteroatoms. The fourth-order valence-electron chi connectivity index (χ4n) is 8.28. The van der Waals surface area contributed by atoms with Crippen LogP contribution in [0, 0.1) is 3.80 Å². The van der Waals surface area contributed by atoms with Crippen molar-refractivity contribution in [1.29, 1.82) is 0 Å². The summed E-state index contributed by atoms with van der Waals surface area (Å²) in [5, 5.41) is 0. The van der Waals surface area contributed by atoms with E-state index in [0.717, 1.165) is 68.6 Å². The van der Waals surface area contributed by atoms with Gasteiger partial charge in [0.2, 0.25) is 0 Å². The molecule has 5 nitrogen and oxygen atoms in total. The second kappa shape index (κ2) is 15.4. The Morgan fingerprint density at radius 3 is 1.85 bits per heavy atom. The van der Waals surface area contributed by atoms with Crippen molar-refractivity contribution in [3.63, 3.8) is 0 Å². The van der Waals surface area contributed by atoms with E-state index in [9.17, 15) is 0 Å². The van der Waals surface area contributed by atoms with E-state index in [-0.39, 0.29) is 10.8 Å². The van der Waals surface area contributed by atoms with Crippen LogP contribution in [0.1, 0.15) is 64.7 Å². The standard InChI is InChI=1S/C53H50N4O.Pt/c1-52(2,3)40-28-29-54-50(33-40)55-30-16-21-39-26-27-43(35-49(39)55)58-44-32-41(53(4,5)6)31-42(34-44)56-36-57(48-25-14-13-24-47(48)56)51-45(37-17-9-7-10-18-37)22-15-23-46(51)38-19-11-8-12-20-38;/h7-15,17-20,22-29,31-35H,16,21,30H2,1-6H3;. The number of imidazole rings is 1. The first kappa shape index (κ1) is 38.7. The first-order valence-electron chi connectivity index (χ1n) is 20.6. The van der Waals surface area contributed by atoms with Crippen molar-refractivity contribution >= 4 is 22.5 Å². The summed E-state index contributed by atoms with van der Waals surface area (Å²) in [5.41, 5.74) is 14.0. The Balaban J connectivity index is 1.20. The number of fused-ring (bicyclic) bond motifs is 2. The Kier molecular flexibility index (Phi) is 10.1. The number of aryl methyl sites for hydroxylation is 1. The van der Waals surface area contributed by atoms with Gasteiger partial charge in [0, 0.05) is 6.20 Å². The van der Waals surface area contributed by atoms with Gasteiger partial charge in [0.1, 0.15) is 0 Å². The summed E-state index contributed by atoms with van der Waals surface area (Å²) in [7, 11) is 0. The second-order valence-electron chi connectivity index (χ2n) is 17.6. The number of aromatic nitrogens is 3. The van der Waals surface area contributed by atoms with E-state index >= 15 is 0 Å². The molecule has 0 saturated carbocycles. The Morgan fingerprint density at radius 1 is 0.576 bits per heavy atom. The average molecular weight is 954 g/mol. The number of nitrogens with zero attached hydrogens (tertiary/aromatic N) is 4. The van der Waals surface area contributed by atoms with Crippen LogP contribution in [0.5, 0.6) is 11.5 Å². The zero-order valence-corrected chi connectivity index (χ0v) is 36.9. The molecule has 298 valence electrons. The number of rotatable bonds is 7. The molecule has 3 heterocycles. The molecule has 0 saturated heterocycles. The Morgan fingerprint density at radius 2 is 1.20 bits per heavy atom. The molecule has 0 N–H and O–H groups in total. The molecule has 0 unspecified atom stereocenters. The number of benzene rings is 6. The zero-order chi connectivity index (χ0) is 40.9. The molecule has 0 aliphatic carbocycles. The van der Waals surface area contributed by atoms with Crippen LogP contribution in [0.3, 0.4) is 0 Å². The number of hydrogen-bond donors (Lipinski definition) is 0. The van der Waals surface area contributed by atoms with Gasteiger partial charge in [-0.05, 0) is 17.0 Å². The van der Waals surface area contributed by atoms with Gasteiger partial charge in [-0.1, -0.05) is 20.8 Å².